The minimum atomic E-state index is -1.03. The number of Topliss-reactive ketones (excluding diaryl/α,β-unsaturated/α-hetero) is 1. The van der Waals surface area contributed by atoms with Gasteiger partial charge in [0.1, 0.15) is 11.2 Å². The number of aromatic carboxylic acids is 1. The van der Waals surface area contributed by atoms with E-state index >= 15 is 0 Å². The van der Waals surface area contributed by atoms with Crippen LogP contribution in [0.15, 0.2) is 48.5 Å². The summed E-state index contributed by atoms with van der Waals surface area (Å²) in [7, 11) is 0. The maximum Gasteiger partial charge on any atom is 0.426 e. The molecule has 2 rings (SSSR count). The Balaban J connectivity index is 0.000000408. The largest absolute Gasteiger partial charge is 0.478 e. The van der Waals surface area contributed by atoms with Crippen LogP contribution in [0.3, 0.4) is 0 Å². The smallest absolute Gasteiger partial charge is 0.426 e. The molecule has 40 heavy (non-hydrogen) atoms. The van der Waals surface area contributed by atoms with Gasteiger partial charge in [0.05, 0.1) is 16.9 Å². The summed E-state index contributed by atoms with van der Waals surface area (Å²) < 4.78 is 10.1. The third kappa shape index (κ3) is 15.5. The monoisotopic (exact) mass is 576 g/mol. The molecule has 0 aliphatic heterocycles. The van der Waals surface area contributed by atoms with E-state index < -0.39 is 29.4 Å². The van der Waals surface area contributed by atoms with Crippen LogP contribution in [0.4, 0.5) is 21.0 Å². The molecule has 0 heterocycles. The summed E-state index contributed by atoms with van der Waals surface area (Å²) in [4.78, 5) is 45.7. The molecule has 0 radical (unpaired) electrons. The van der Waals surface area contributed by atoms with E-state index in [0.717, 1.165) is 12.2 Å². The summed E-state index contributed by atoms with van der Waals surface area (Å²) in [5.74, 6) is 0.0510. The van der Waals surface area contributed by atoms with Gasteiger partial charge in [0.2, 0.25) is 0 Å². The molecule has 11 nitrogen and oxygen atoms in total. The van der Waals surface area contributed by atoms with Crippen LogP contribution in [0.5, 0.6) is 0 Å². The standard InChI is InChI=1S/C16H24N2O3S.C12H16N2O4/c1-16(2,3)21-15(20)18-17-13-8-5-7-12(11-13)14(19)9-6-10-22-4;1-12(2,3)18-11(17)14-13-9-6-4-5-8(7-9)10(15)16/h5,7-8,11,17H,6,9-10H2,1-4H3,(H,18,20);4-7,13H,1-3H3,(H,14,17)(H,15,16). The van der Waals surface area contributed by atoms with Gasteiger partial charge >= 0.3 is 18.2 Å². The first-order valence-electron chi connectivity index (χ1n) is 12.5. The van der Waals surface area contributed by atoms with E-state index in [4.69, 9.17) is 14.6 Å². The van der Waals surface area contributed by atoms with Crippen molar-refractivity contribution in [2.24, 2.45) is 0 Å². The number of anilines is 2. The minimum absolute atomic E-state index is 0.106. The number of rotatable bonds is 10. The van der Waals surface area contributed by atoms with Gasteiger partial charge in [-0.05, 0) is 90.3 Å². The molecule has 0 aromatic heterocycles. The number of carboxylic acids is 1. The Bertz CT molecular complexity index is 1140. The molecule has 2 aromatic carbocycles. The zero-order valence-corrected chi connectivity index (χ0v) is 24.9. The van der Waals surface area contributed by atoms with E-state index in [1.54, 1.807) is 89.7 Å². The van der Waals surface area contributed by atoms with Crippen LogP contribution in [0.1, 0.15) is 75.1 Å². The number of hydrazine groups is 2. The number of ketones is 1. The second-order valence-corrected chi connectivity index (χ2v) is 11.5. The van der Waals surface area contributed by atoms with Gasteiger partial charge in [0.15, 0.2) is 5.78 Å². The first-order valence-corrected chi connectivity index (χ1v) is 13.9. The number of carboxylic acid groups (broad SMARTS) is 1. The highest BCUT2D eigenvalue weighted by molar-refractivity contribution is 7.98. The van der Waals surface area contributed by atoms with Gasteiger partial charge in [-0.1, -0.05) is 18.2 Å². The van der Waals surface area contributed by atoms with Crippen molar-refractivity contribution < 1.29 is 33.8 Å². The van der Waals surface area contributed by atoms with Crippen molar-refractivity contribution in [1.29, 1.82) is 0 Å². The maximum atomic E-state index is 12.0. The van der Waals surface area contributed by atoms with E-state index in [2.05, 4.69) is 21.7 Å². The van der Waals surface area contributed by atoms with Gasteiger partial charge in [-0.25, -0.2) is 25.2 Å². The zero-order chi connectivity index (χ0) is 30.3. The van der Waals surface area contributed by atoms with Crippen LogP contribution in [0, 0.1) is 0 Å². The lowest BCUT2D eigenvalue weighted by Gasteiger charge is -2.20. The Morgan fingerprint density at radius 2 is 1.23 bits per heavy atom. The third-order valence-corrected chi connectivity index (χ3v) is 5.16. The van der Waals surface area contributed by atoms with Crippen molar-refractivity contribution in [1.82, 2.24) is 10.9 Å². The highest BCUT2D eigenvalue weighted by Gasteiger charge is 2.17. The number of amides is 2. The molecule has 0 fully saturated rings. The highest BCUT2D eigenvalue weighted by atomic mass is 32.2. The average Bonchev–Trinajstić information content (AvgIpc) is 2.85. The van der Waals surface area contributed by atoms with Crippen LogP contribution < -0.4 is 21.7 Å². The summed E-state index contributed by atoms with van der Waals surface area (Å²) in [6.07, 6.45) is 2.22. The molecule has 12 heteroatoms. The number of hydrogen-bond acceptors (Lipinski definition) is 9. The number of hydrogen-bond donors (Lipinski definition) is 5. The number of carbonyl (C=O) groups excluding carboxylic acids is 3. The minimum Gasteiger partial charge on any atom is -0.478 e. The number of carbonyl (C=O) groups is 4. The lowest BCUT2D eigenvalue weighted by molar-refractivity contribution is 0.0529. The number of benzene rings is 2. The first kappa shape index (κ1) is 34.1. The molecule has 2 amide bonds. The summed E-state index contributed by atoms with van der Waals surface area (Å²) in [6, 6.07) is 13.1. The fraction of sp³-hybridized carbons (Fsp3) is 0.429. The van der Waals surface area contributed by atoms with Gasteiger partial charge in [-0.3, -0.25) is 15.6 Å². The Hall–Kier alpha value is -3.93. The Kier molecular flexibility index (Phi) is 13.8. The van der Waals surface area contributed by atoms with Crippen molar-refractivity contribution in [3.05, 3.63) is 59.7 Å². The number of nitrogens with one attached hydrogen (secondary N) is 4. The van der Waals surface area contributed by atoms with Crippen molar-refractivity contribution in [2.75, 3.05) is 22.9 Å². The zero-order valence-electron chi connectivity index (χ0n) is 24.0. The second-order valence-electron chi connectivity index (χ2n) is 10.5. The molecule has 0 saturated heterocycles. The van der Waals surface area contributed by atoms with Gasteiger partial charge in [-0.15, -0.1) is 0 Å². The summed E-state index contributed by atoms with van der Waals surface area (Å²) >= 11 is 1.73. The van der Waals surface area contributed by atoms with Crippen LogP contribution in [0.2, 0.25) is 0 Å². The fourth-order valence-electron chi connectivity index (χ4n) is 2.88. The van der Waals surface area contributed by atoms with Crippen LogP contribution >= 0.6 is 11.8 Å². The molecular weight excluding hydrogens is 536 g/mol. The maximum absolute atomic E-state index is 12.0. The van der Waals surface area contributed by atoms with E-state index in [9.17, 15) is 19.2 Å². The van der Waals surface area contributed by atoms with E-state index in [-0.39, 0.29) is 11.3 Å². The Labute approximate surface area is 239 Å². The van der Waals surface area contributed by atoms with Gasteiger partial charge in [-0.2, -0.15) is 11.8 Å². The molecule has 0 saturated carbocycles. The van der Waals surface area contributed by atoms with Crippen LogP contribution in [0.25, 0.3) is 0 Å². The number of ether oxygens (including phenoxy) is 2. The molecule has 0 spiro atoms. The molecule has 0 unspecified atom stereocenters. The topological polar surface area (TPSA) is 155 Å². The van der Waals surface area contributed by atoms with Crippen molar-refractivity contribution >= 4 is 47.1 Å². The molecule has 220 valence electrons. The first-order chi connectivity index (χ1) is 18.6. The molecule has 0 atom stereocenters. The molecule has 0 bridgehead atoms. The summed E-state index contributed by atoms with van der Waals surface area (Å²) in [5, 5.41) is 8.80. The lowest BCUT2D eigenvalue weighted by Crippen LogP contribution is -2.35. The molecule has 2 aromatic rings. The van der Waals surface area contributed by atoms with E-state index in [1.807, 2.05) is 6.26 Å². The normalized spacial score (nSPS) is 10.8. The predicted molar refractivity (Wildman–Crippen MR) is 158 cm³/mol. The molecule has 0 aliphatic rings. The average molecular weight is 577 g/mol. The van der Waals surface area contributed by atoms with Crippen LogP contribution in [-0.4, -0.2) is 52.3 Å². The Morgan fingerprint density at radius 1 is 0.775 bits per heavy atom. The van der Waals surface area contributed by atoms with Gasteiger partial charge in [0.25, 0.3) is 0 Å². The second kappa shape index (κ2) is 16.2. The fourth-order valence-corrected chi connectivity index (χ4v) is 3.31. The van der Waals surface area contributed by atoms with Gasteiger partial charge < -0.3 is 14.6 Å². The van der Waals surface area contributed by atoms with Gasteiger partial charge in [0, 0.05) is 12.0 Å². The van der Waals surface area contributed by atoms with Crippen molar-refractivity contribution in [3.63, 3.8) is 0 Å². The van der Waals surface area contributed by atoms with Crippen molar-refractivity contribution in [3.8, 4) is 0 Å². The van der Waals surface area contributed by atoms with Crippen LogP contribution in [-0.2, 0) is 9.47 Å². The van der Waals surface area contributed by atoms with Crippen molar-refractivity contribution in [2.45, 2.75) is 65.6 Å². The Morgan fingerprint density at radius 3 is 1.65 bits per heavy atom. The predicted octanol–water partition coefficient (Wildman–Crippen LogP) is 6.10. The number of thioether (sulfide) groups is 1. The quantitative estimate of drug-likeness (QED) is 0.127. The third-order valence-electron chi connectivity index (χ3n) is 4.46. The highest BCUT2D eigenvalue weighted by Crippen LogP contribution is 2.14. The lowest BCUT2D eigenvalue weighted by atomic mass is 10.1. The van der Waals surface area contributed by atoms with E-state index in [1.165, 1.54) is 12.1 Å². The molecular formula is C28H40N4O7S. The SMILES string of the molecule is CC(C)(C)OC(=O)NNc1cccc(C(=O)O)c1.CSCCCC(=O)c1cccc(NNC(=O)OC(C)(C)C)c1. The molecule has 0 aliphatic carbocycles. The van der Waals surface area contributed by atoms with E-state index in [0.29, 0.717) is 23.4 Å². The molecule has 5 N–H and O–H groups in total. The summed E-state index contributed by atoms with van der Waals surface area (Å²) in [5.41, 5.74) is 10.8. The summed E-state index contributed by atoms with van der Waals surface area (Å²) in [6.45, 7) is 10.6.